The van der Waals surface area contributed by atoms with Crippen molar-refractivity contribution in [2.75, 3.05) is 6.54 Å². The SMILES string of the molecule is NCC(CCc1ccccn1)(C(=O)O)C1CC1. The van der Waals surface area contributed by atoms with Crippen LogP contribution in [0.15, 0.2) is 24.4 Å². The molecular weight excluding hydrogens is 216 g/mol. The van der Waals surface area contributed by atoms with Crippen molar-refractivity contribution < 1.29 is 9.90 Å². The Bertz CT molecular complexity index is 390. The molecule has 4 heteroatoms. The van der Waals surface area contributed by atoms with Gasteiger partial charge in [0.1, 0.15) is 0 Å². The van der Waals surface area contributed by atoms with Crippen LogP contribution in [-0.2, 0) is 11.2 Å². The molecule has 1 saturated carbocycles. The quantitative estimate of drug-likeness (QED) is 0.781. The van der Waals surface area contributed by atoms with Gasteiger partial charge in [-0.15, -0.1) is 0 Å². The van der Waals surface area contributed by atoms with E-state index < -0.39 is 11.4 Å². The molecule has 4 nitrogen and oxygen atoms in total. The maximum atomic E-state index is 11.5. The molecule has 1 aliphatic carbocycles. The number of nitrogens with zero attached hydrogens (tertiary/aromatic N) is 1. The molecule has 17 heavy (non-hydrogen) atoms. The number of aliphatic carboxylic acids is 1. The molecule has 0 spiro atoms. The van der Waals surface area contributed by atoms with Gasteiger partial charge in [0.05, 0.1) is 5.41 Å². The van der Waals surface area contributed by atoms with Crippen molar-refractivity contribution in [1.82, 2.24) is 4.98 Å². The van der Waals surface area contributed by atoms with E-state index in [0.29, 0.717) is 12.8 Å². The highest BCUT2D eigenvalue weighted by atomic mass is 16.4. The Morgan fingerprint density at radius 3 is 2.76 bits per heavy atom. The highest BCUT2D eigenvalue weighted by Crippen LogP contribution is 2.47. The molecule has 1 fully saturated rings. The topological polar surface area (TPSA) is 76.2 Å². The van der Waals surface area contributed by atoms with Crippen LogP contribution in [0.1, 0.15) is 25.0 Å². The summed E-state index contributed by atoms with van der Waals surface area (Å²) in [4.78, 5) is 15.7. The van der Waals surface area contributed by atoms with Crippen LogP contribution in [0.3, 0.4) is 0 Å². The molecular formula is C13H18N2O2. The summed E-state index contributed by atoms with van der Waals surface area (Å²) in [6, 6.07) is 5.71. The Balaban J connectivity index is 2.06. The van der Waals surface area contributed by atoms with Crippen LogP contribution in [0.4, 0.5) is 0 Å². The summed E-state index contributed by atoms with van der Waals surface area (Å²) >= 11 is 0. The maximum Gasteiger partial charge on any atom is 0.311 e. The van der Waals surface area contributed by atoms with E-state index in [9.17, 15) is 9.90 Å². The molecule has 1 aromatic rings. The molecule has 0 aliphatic heterocycles. The van der Waals surface area contributed by atoms with Crippen molar-refractivity contribution >= 4 is 5.97 Å². The summed E-state index contributed by atoms with van der Waals surface area (Å²) in [5.41, 5.74) is 5.91. The fourth-order valence-electron chi connectivity index (χ4n) is 2.37. The van der Waals surface area contributed by atoms with E-state index in [0.717, 1.165) is 18.5 Å². The van der Waals surface area contributed by atoms with Crippen molar-refractivity contribution in [2.24, 2.45) is 17.1 Å². The highest BCUT2D eigenvalue weighted by molar-refractivity contribution is 5.76. The van der Waals surface area contributed by atoms with Gasteiger partial charge in [-0.05, 0) is 43.7 Å². The summed E-state index contributed by atoms with van der Waals surface area (Å²) in [6.07, 6.45) is 4.98. The Labute approximate surface area is 101 Å². The zero-order valence-electron chi connectivity index (χ0n) is 9.80. The first-order valence-electron chi connectivity index (χ1n) is 6.02. The number of aryl methyl sites for hydroxylation is 1. The van der Waals surface area contributed by atoms with Crippen LogP contribution in [0, 0.1) is 11.3 Å². The number of carboxylic acid groups (broad SMARTS) is 1. The molecule has 0 aromatic carbocycles. The van der Waals surface area contributed by atoms with Gasteiger partial charge in [-0.2, -0.15) is 0 Å². The minimum Gasteiger partial charge on any atom is -0.481 e. The van der Waals surface area contributed by atoms with Crippen LogP contribution < -0.4 is 5.73 Å². The van der Waals surface area contributed by atoms with Gasteiger partial charge in [0, 0.05) is 18.4 Å². The van der Waals surface area contributed by atoms with Crippen LogP contribution in [-0.4, -0.2) is 22.6 Å². The number of pyridine rings is 1. The fourth-order valence-corrected chi connectivity index (χ4v) is 2.37. The summed E-state index contributed by atoms with van der Waals surface area (Å²) in [5, 5.41) is 9.41. The molecule has 1 heterocycles. The van der Waals surface area contributed by atoms with E-state index in [4.69, 9.17) is 5.73 Å². The van der Waals surface area contributed by atoms with Crippen LogP contribution >= 0.6 is 0 Å². The third kappa shape index (κ3) is 2.47. The number of carboxylic acids is 1. The maximum absolute atomic E-state index is 11.5. The number of hydrogen-bond donors (Lipinski definition) is 2. The second kappa shape index (κ2) is 4.84. The van der Waals surface area contributed by atoms with Gasteiger partial charge < -0.3 is 10.8 Å². The molecule has 1 unspecified atom stereocenters. The summed E-state index contributed by atoms with van der Waals surface area (Å²) < 4.78 is 0. The molecule has 2 rings (SSSR count). The van der Waals surface area contributed by atoms with E-state index in [2.05, 4.69) is 4.98 Å². The normalized spacial score (nSPS) is 18.6. The lowest BCUT2D eigenvalue weighted by molar-refractivity contribution is -0.150. The Kier molecular flexibility index (Phi) is 3.43. The van der Waals surface area contributed by atoms with Crippen LogP contribution in [0.5, 0.6) is 0 Å². The number of aromatic nitrogens is 1. The fraction of sp³-hybridized carbons (Fsp3) is 0.538. The van der Waals surface area contributed by atoms with E-state index in [-0.39, 0.29) is 12.5 Å². The zero-order chi connectivity index (χ0) is 12.3. The third-order valence-corrected chi connectivity index (χ3v) is 3.70. The lowest BCUT2D eigenvalue weighted by atomic mass is 9.78. The first-order chi connectivity index (χ1) is 8.19. The minimum atomic E-state index is -0.751. The van der Waals surface area contributed by atoms with Gasteiger partial charge in [0.15, 0.2) is 0 Å². The smallest absolute Gasteiger partial charge is 0.311 e. The summed E-state index contributed by atoms with van der Waals surface area (Å²) in [6.45, 7) is 0.222. The predicted octanol–water partition coefficient (Wildman–Crippen LogP) is 1.45. The first kappa shape index (κ1) is 12.0. The van der Waals surface area contributed by atoms with Gasteiger partial charge in [-0.25, -0.2) is 0 Å². The van der Waals surface area contributed by atoms with Gasteiger partial charge in [-0.3, -0.25) is 9.78 Å². The monoisotopic (exact) mass is 234 g/mol. The Morgan fingerprint density at radius 2 is 2.29 bits per heavy atom. The van der Waals surface area contributed by atoms with E-state index in [1.165, 1.54) is 0 Å². The lowest BCUT2D eigenvalue weighted by Crippen LogP contribution is -2.41. The standard InChI is InChI=1S/C13H18N2O2/c14-9-13(12(16)17,10-4-5-10)7-6-11-3-1-2-8-15-11/h1-3,8,10H,4-7,9,14H2,(H,16,17). The highest BCUT2D eigenvalue weighted by Gasteiger charge is 2.49. The molecule has 92 valence electrons. The number of nitrogens with two attached hydrogens (primary N) is 1. The van der Waals surface area contributed by atoms with Crippen LogP contribution in [0.25, 0.3) is 0 Å². The van der Waals surface area contributed by atoms with Gasteiger partial charge in [0.25, 0.3) is 0 Å². The lowest BCUT2D eigenvalue weighted by Gasteiger charge is -2.27. The van der Waals surface area contributed by atoms with Crippen molar-refractivity contribution in [3.05, 3.63) is 30.1 Å². The molecule has 0 bridgehead atoms. The van der Waals surface area contributed by atoms with Gasteiger partial charge >= 0.3 is 5.97 Å². The summed E-state index contributed by atoms with van der Waals surface area (Å²) in [7, 11) is 0. The summed E-state index contributed by atoms with van der Waals surface area (Å²) in [5.74, 6) is -0.493. The molecule has 1 aromatic heterocycles. The van der Waals surface area contributed by atoms with E-state index in [1.54, 1.807) is 6.20 Å². The largest absolute Gasteiger partial charge is 0.481 e. The Morgan fingerprint density at radius 1 is 1.53 bits per heavy atom. The molecule has 0 saturated heterocycles. The first-order valence-corrected chi connectivity index (χ1v) is 6.02. The van der Waals surface area contributed by atoms with Crippen molar-refractivity contribution in [1.29, 1.82) is 0 Å². The number of hydrogen-bond acceptors (Lipinski definition) is 3. The number of carbonyl (C=O) groups is 1. The van der Waals surface area contributed by atoms with Crippen molar-refractivity contribution in [2.45, 2.75) is 25.7 Å². The molecule has 3 N–H and O–H groups in total. The predicted molar refractivity (Wildman–Crippen MR) is 64.4 cm³/mol. The molecule has 0 radical (unpaired) electrons. The van der Waals surface area contributed by atoms with Crippen molar-refractivity contribution in [3.63, 3.8) is 0 Å². The molecule has 1 atom stereocenters. The third-order valence-electron chi connectivity index (χ3n) is 3.70. The minimum absolute atomic E-state index is 0.222. The van der Waals surface area contributed by atoms with Crippen LogP contribution in [0.2, 0.25) is 0 Å². The number of rotatable bonds is 6. The second-order valence-corrected chi connectivity index (χ2v) is 4.76. The van der Waals surface area contributed by atoms with E-state index in [1.807, 2.05) is 18.2 Å². The van der Waals surface area contributed by atoms with E-state index >= 15 is 0 Å². The average molecular weight is 234 g/mol. The van der Waals surface area contributed by atoms with Crippen molar-refractivity contribution in [3.8, 4) is 0 Å². The average Bonchev–Trinajstić information content (AvgIpc) is 3.16. The molecule has 0 amide bonds. The zero-order valence-corrected chi connectivity index (χ0v) is 9.80. The second-order valence-electron chi connectivity index (χ2n) is 4.76. The van der Waals surface area contributed by atoms with Gasteiger partial charge in [-0.1, -0.05) is 6.07 Å². The van der Waals surface area contributed by atoms with Gasteiger partial charge in [0.2, 0.25) is 0 Å². The Hall–Kier alpha value is -1.42. The molecule has 1 aliphatic rings.